The van der Waals surface area contributed by atoms with Crippen LogP contribution in [0.5, 0.6) is 11.5 Å². The SMILES string of the molecule is CC(=O)Oc1cc([C@@H](CC=C(C)C)OC(C)=O)c(OC(C)=O)c2c1C(=O)C=CC2=O. The predicted molar refractivity (Wildman–Crippen MR) is 105 cm³/mol. The van der Waals surface area contributed by atoms with Gasteiger partial charge < -0.3 is 14.2 Å². The molecule has 158 valence electrons. The summed E-state index contributed by atoms with van der Waals surface area (Å²) in [5, 5.41) is 0. The molecule has 0 radical (unpaired) electrons. The Kier molecular flexibility index (Phi) is 7.05. The first-order valence-corrected chi connectivity index (χ1v) is 9.16. The third-order valence-electron chi connectivity index (χ3n) is 4.05. The summed E-state index contributed by atoms with van der Waals surface area (Å²) in [6.07, 6.45) is 3.12. The number of allylic oxidation sites excluding steroid dienone is 3. The number of ether oxygens (including phenoxy) is 3. The van der Waals surface area contributed by atoms with Crippen molar-refractivity contribution in [1.29, 1.82) is 0 Å². The van der Waals surface area contributed by atoms with Crippen LogP contribution in [0.3, 0.4) is 0 Å². The average molecular weight is 414 g/mol. The maximum absolute atomic E-state index is 12.6. The van der Waals surface area contributed by atoms with Gasteiger partial charge >= 0.3 is 17.9 Å². The van der Waals surface area contributed by atoms with E-state index in [1.54, 1.807) is 6.08 Å². The van der Waals surface area contributed by atoms with Crippen LogP contribution in [-0.2, 0) is 19.1 Å². The topological polar surface area (TPSA) is 113 Å². The van der Waals surface area contributed by atoms with E-state index in [1.165, 1.54) is 13.0 Å². The Bertz CT molecular complexity index is 993. The number of rotatable bonds is 6. The standard InChI is InChI=1S/C22H22O8/c1-11(2)6-9-18(28-12(3)23)15-10-19(29-13(4)24)20-16(26)7-8-17(27)21(20)22(15)30-14(5)25/h6-8,10,18H,9H2,1-5H3/t18-/m1/s1. The number of hydrogen-bond donors (Lipinski definition) is 0. The van der Waals surface area contributed by atoms with Gasteiger partial charge in [-0.25, -0.2) is 0 Å². The largest absolute Gasteiger partial charge is 0.457 e. The van der Waals surface area contributed by atoms with Gasteiger partial charge in [0.1, 0.15) is 17.6 Å². The van der Waals surface area contributed by atoms with Crippen molar-refractivity contribution in [3.63, 3.8) is 0 Å². The molecule has 8 heteroatoms. The van der Waals surface area contributed by atoms with Crippen LogP contribution < -0.4 is 9.47 Å². The Morgan fingerprint density at radius 2 is 1.43 bits per heavy atom. The quantitative estimate of drug-likeness (QED) is 0.395. The number of carbonyl (C=O) groups is 5. The molecule has 0 saturated carbocycles. The molecule has 1 aromatic carbocycles. The van der Waals surface area contributed by atoms with Crippen molar-refractivity contribution in [3.8, 4) is 11.5 Å². The second-order valence-electron chi connectivity index (χ2n) is 6.91. The molecule has 1 aliphatic rings. The van der Waals surface area contributed by atoms with Gasteiger partial charge in [0.15, 0.2) is 11.6 Å². The van der Waals surface area contributed by atoms with E-state index in [9.17, 15) is 24.0 Å². The minimum atomic E-state index is -0.958. The smallest absolute Gasteiger partial charge is 0.308 e. The molecule has 30 heavy (non-hydrogen) atoms. The van der Waals surface area contributed by atoms with Crippen molar-refractivity contribution < 1.29 is 38.2 Å². The molecule has 0 aromatic heterocycles. The van der Waals surface area contributed by atoms with E-state index >= 15 is 0 Å². The lowest BCUT2D eigenvalue weighted by Crippen LogP contribution is -2.21. The van der Waals surface area contributed by atoms with E-state index in [-0.39, 0.29) is 34.6 Å². The van der Waals surface area contributed by atoms with Crippen LogP contribution in [0.1, 0.15) is 73.4 Å². The molecular weight excluding hydrogens is 392 g/mol. The molecule has 0 bridgehead atoms. The van der Waals surface area contributed by atoms with Crippen LogP contribution >= 0.6 is 0 Å². The predicted octanol–water partition coefficient (Wildman–Crippen LogP) is 3.43. The van der Waals surface area contributed by atoms with Gasteiger partial charge in [0.2, 0.25) is 0 Å². The summed E-state index contributed by atoms with van der Waals surface area (Å²) >= 11 is 0. The summed E-state index contributed by atoms with van der Waals surface area (Å²) in [4.78, 5) is 60.2. The van der Waals surface area contributed by atoms with Crippen LogP contribution in [0.2, 0.25) is 0 Å². The van der Waals surface area contributed by atoms with Crippen LogP contribution in [0.15, 0.2) is 29.9 Å². The lowest BCUT2D eigenvalue weighted by molar-refractivity contribution is -0.146. The normalized spacial score (nSPS) is 13.2. The average Bonchev–Trinajstić information content (AvgIpc) is 2.61. The van der Waals surface area contributed by atoms with Gasteiger partial charge in [-0.05, 0) is 32.1 Å². The third-order valence-corrected chi connectivity index (χ3v) is 4.05. The highest BCUT2D eigenvalue weighted by atomic mass is 16.6. The minimum absolute atomic E-state index is 0.129. The van der Waals surface area contributed by atoms with Gasteiger partial charge in [0, 0.05) is 32.8 Å². The van der Waals surface area contributed by atoms with Crippen molar-refractivity contribution >= 4 is 29.5 Å². The fourth-order valence-electron chi connectivity index (χ4n) is 2.97. The van der Waals surface area contributed by atoms with Crippen LogP contribution in [0, 0.1) is 0 Å². The number of ketones is 2. The zero-order valence-corrected chi connectivity index (χ0v) is 17.4. The molecule has 0 heterocycles. The molecule has 0 amide bonds. The lowest BCUT2D eigenvalue weighted by Gasteiger charge is -2.24. The second-order valence-corrected chi connectivity index (χ2v) is 6.91. The third kappa shape index (κ3) is 5.28. The molecule has 0 unspecified atom stereocenters. The fourth-order valence-corrected chi connectivity index (χ4v) is 2.97. The van der Waals surface area contributed by atoms with Gasteiger partial charge in [-0.3, -0.25) is 24.0 Å². The molecule has 0 saturated heterocycles. The summed E-state index contributed by atoms with van der Waals surface area (Å²) in [6.45, 7) is 7.19. The molecule has 0 spiro atoms. The summed E-state index contributed by atoms with van der Waals surface area (Å²) in [7, 11) is 0. The molecular formula is C22H22O8. The van der Waals surface area contributed by atoms with Crippen LogP contribution in [0.4, 0.5) is 0 Å². The van der Waals surface area contributed by atoms with E-state index in [0.717, 1.165) is 31.6 Å². The van der Waals surface area contributed by atoms with Crippen LogP contribution in [-0.4, -0.2) is 29.5 Å². The van der Waals surface area contributed by atoms with E-state index < -0.39 is 35.6 Å². The van der Waals surface area contributed by atoms with Gasteiger partial charge in [-0.15, -0.1) is 0 Å². The first-order valence-electron chi connectivity index (χ1n) is 9.16. The van der Waals surface area contributed by atoms with Crippen molar-refractivity contribution in [2.24, 2.45) is 0 Å². The highest BCUT2D eigenvalue weighted by molar-refractivity contribution is 6.24. The molecule has 2 rings (SSSR count). The fraction of sp³-hybridized carbons (Fsp3) is 0.318. The number of benzene rings is 1. The van der Waals surface area contributed by atoms with Gasteiger partial charge in [0.25, 0.3) is 0 Å². The molecule has 1 aromatic rings. The van der Waals surface area contributed by atoms with E-state index in [2.05, 4.69) is 0 Å². The Hall–Kier alpha value is -3.55. The Morgan fingerprint density at radius 3 is 1.93 bits per heavy atom. The Balaban J connectivity index is 2.86. The van der Waals surface area contributed by atoms with Crippen molar-refractivity contribution in [1.82, 2.24) is 0 Å². The Morgan fingerprint density at radius 1 is 0.867 bits per heavy atom. The summed E-state index contributed by atoms with van der Waals surface area (Å²) < 4.78 is 15.9. The van der Waals surface area contributed by atoms with Crippen molar-refractivity contribution in [2.45, 2.75) is 47.1 Å². The highest BCUT2D eigenvalue weighted by Crippen LogP contribution is 2.42. The first-order chi connectivity index (χ1) is 14.0. The molecule has 0 N–H and O–H groups in total. The van der Waals surface area contributed by atoms with E-state index in [1.807, 2.05) is 13.8 Å². The summed E-state index contributed by atoms with van der Waals surface area (Å²) in [5.74, 6) is -3.65. The van der Waals surface area contributed by atoms with Gasteiger partial charge in [-0.2, -0.15) is 0 Å². The number of fused-ring (bicyclic) bond motifs is 1. The van der Waals surface area contributed by atoms with E-state index in [0.29, 0.717) is 0 Å². The minimum Gasteiger partial charge on any atom is -0.457 e. The molecule has 1 atom stereocenters. The monoisotopic (exact) mass is 414 g/mol. The number of carbonyl (C=O) groups excluding carboxylic acids is 5. The molecule has 0 aliphatic heterocycles. The van der Waals surface area contributed by atoms with Crippen molar-refractivity contribution in [2.75, 3.05) is 0 Å². The van der Waals surface area contributed by atoms with Crippen molar-refractivity contribution in [3.05, 3.63) is 46.6 Å². The first kappa shape index (κ1) is 22.7. The molecule has 0 fully saturated rings. The highest BCUT2D eigenvalue weighted by Gasteiger charge is 2.34. The van der Waals surface area contributed by atoms with Crippen LogP contribution in [0.25, 0.3) is 0 Å². The maximum atomic E-state index is 12.6. The number of esters is 3. The zero-order chi connectivity index (χ0) is 22.6. The van der Waals surface area contributed by atoms with Gasteiger partial charge in [-0.1, -0.05) is 11.6 Å². The number of hydrogen-bond acceptors (Lipinski definition) is 8. The summed E-state index contributed by atoms with van der Waals surface area (Å²) in [5.41, 5.74) is 0.653. The van der Waals surface area contributed by atoms with Gasteiger partial charge in [0.05, 0.1) is 11.1 Å². The zero-order valence-electron chi connectivity index (χ0n) is 17.4. The van der Waals surface area contributed by atoms with E-state index in [4.69, 9.17) is 14.2 Å². The second kappa shape index (κ2) is 9.30. The summed E-state index contributed by atoms with van der Waals surface area (Å²) in [6, 6.07) is 1.29. The maximum Gasteiger partial charge on any atom is 0.308 e. The Labute approximate surface area is 173 Å². The molecule has 8 nitrogen and oxygen atoms in total. The lowest BCUT2D eigenvalue weighted by atomic mass is 9.88. The molecule has 1 aliphatic carbocycles.